The largest absolute Gasteiger partial charge is 0.337 e. The molecule has 1 amide bonds. The second-order valence-corrected chi connectivity index (χ2v) is 13.4. The predicted molar refractivity (Wildman–Crippen MR) is 182 cm³/mol. The number of hydrogen-bond acceptors (Lipinski definition) is 5. The zero-order chi connectivity index (χ0) is 30.8. The normalized spacial score (nSPS) is 18.4. The van der Waals surface area contributed by atoms with Crippen LogP contribution in [0.1, 0.15) is 50.7 Å². The molecule has 3 aromatic carbocycles. The number of rotatable bonds is 15. The van der Waals surface area contributed by atoms with Gasteiger partial charge >= 0.3 is 0 Å². The quantitative estimate of drug-likeness (QED) is 0.183. The van der Waals surface area contributed by atoms with Gasteiger partial charge in [-0.2, -0.15) is 0 Å². The topological polar surface area (TPSA) is 87.6 Å². The van der Waals surface area contributed by atoms with Crippen LogP contribution in [0.4, 0.5) is 0 Å². The van der Waals surface area contributed by atoms with Gasteiger partial charge in [-0.15, -0.1) is 0 Å². The van der Waals surface area contributed by atoms with Crippen molar-refractivity contribution in [1.29, 1.82) is 0 Å². The molecular formula is C35H49Cl2N5O. The van der Waals surface area contributed by atoms with Crippen LogP contribution in [-0.2, 0) is 17.6 Å². The highest BCUT2D eigenvalue weighted by molar-refractivity contribution is 6.35. The number of unbranched alkanes of at least 4 members (excludes halogenated alkanes) is 1. The average Bonchev–Trinajstić information content (AvgIpc) is 2.97. The molecule has 0 bridgehead atoms. The van der Waals surface area contributed by atoms with E-state index in [1.807, 2.05) is 24.3 Å². The lowest BCUT2D eigenvalue weighted by Crippen LogP contribution is -2.62. The van der Waals surface area contributed by atoms with E-state index in [9.17, 15) is 4.79 Å². The standard InChI is InChI=1S/C35H49Cl2N5O/c1-25(2)17-33-23-41(22-31(39)20-29-12-13-30(36)21-34(29)37)32(9-5-6-15-40-16-14-38)24-42(33)35(43)19-26-10-11-27-7-3-4-8-28(27)18-26/h3-4,7-8,10-13,18,21,25,31-33,40H,5-6,9,14-17,19-20,22-24,38-39H2,1-2H3/t31-,32+,33-/m1/s1. The third kappa shape index (κ3) is 10.2. The molecule has 1 aliphatic rings. The van der Waals surface area contributed by atoms with E-state index in [4.69, 9.17) is 34.7 Å². The van der Waals surface area contributed by atoms with Gasteiger partial charge in [-0.05, 0) is 72.2 Å². The fraction of sp³-hybridized carbons (Fsp3) is 0.514. The number of nitrogens with one attached hydrogen (secondary N) is 1. The summed E-state index contributed by atoms with van der Waals surface area (Å²) in [6, 6.07) is 20.7. The maximum absolute atomic E-state index is 14.0. The van der Waals surface area contributed by atoms with Crippen LogP contribution in [0.2, 0.25) is 10.0 Å². The summed E-state index contributed by atoms with van der Waals surface area (Å²) in [6.07, 6.45) is 5.25. The van der Waals surface area contributed by atoms with E-state index in [-0.39, 0.29) is 24.0 Å². The number of halogens is 2. The Morgan fingerprint density at radius 2 is 1.77 bits per heavy atom. The Hall–Kier alpha value is -2.19. The number of benzene rings is 3. The highest BCUT2D eigenvalue weighted by Gasteiger charge is 2.36. The molecule has 1 fully saturated rings. The average molecular weight is 627 g/mol. The van der Waals surface area contributed by atoms with Crippen LogP contribution in [0.3, 0.4) is 0 Å². The minimum absolute atomic E-state index is 0.0769. The lowest BCUT2D eigenvalue weighted by atomic mass is 9.93. The van der Waals surface area contributed by atoms with Crippen molar-refractivity contribution in [3.05, 3.63) is 81.8 Å². The molecule has 1 heterocycles. The van der Waals surface area contributed by atoms with Gasteiger partial charge in [0.2, 0.25) is 5.91 Å². The molecule has 0 radical (unpaired) electrons. The van der Waals surface area contributed by atoms with Gasteiger partial charge in [-0.3, -0.25) is 9.69 Å². The summed E-state index contributed by atoms with van der Waals surface area (Å²) in [5, 5.41) is 7.06. The first kappa shape index (κ1) is 33.7. The van der Waals surface area contributed by atoms with Crippen molar-refractivity contribution in [3.63, 3.8) is 0 Å². The van der Waals surface area contributed by atoms with E-state index >= 15 is 0 Å². The van der Waals surface area contributed by atoms with Crippen molar-refractivity contribution >= 4 is 39.9 Å². The molecule has 0 aliphatic carbocycles. The SMILES string of the molecule is CC(C)C[C@@H]1CN(C[C@H](N)Cc2ccc(Cl)cc2Cl)[C@@H](CCCCNCCN)CN1C(=O)Cc1ccc2ccccc2c1. The van der Waals surface area contributed by atoms with E-state index in [0.29, 0.717) is 35.3 Å². The van der Waals surface area contributed by atoms with Gasteiger partial charge < -0.3 is 21.7 Å². The van der Waals surface area contributed by atoms with Crippen LogP contribution >= 0.6 is 23.2 Å². The molecular weight excluding hydrogens is 577 g/mol. The molecule has 8 heteroatoms. The number of amides is 1. The van der Waals surface area contributed by atoms with Crippen LogP contribution in [-0.4, -0.2) is 73.1 Å². The molecule has 1 aliphatic heterocycles. The van der Waals surface area contributed by atoms with E-state index in [1.165, 1.54) is 10.8 Å². The number of nitrogens with two attached hydrogens (primary N) is 2. The van der Waals surface area contributed by atoms with Crippen LogP contribution < -0.4 is 16.8 Å². The Bertz CT molecular complexity index is 1320. The van der Waals surface area contributed by atoms with Gasteiger partial charge in [0.05, 0.1) is 6.42 Å². The molecule has 4 rings (SSSR count). The minimum atomic E-state index is -0.0769. The van der Waals surface area contributed by atoms with Crippen LogP contribution in [0.5, 0.6) is 0 Å². The number of fused-ring (bicyclic) bond motifs is 1. The molecule has 234 valence electrons. The molecule has 6 nitrogen and oxygen atoms in total. The lowest BCUT2D eigenvalue weighted by Gasteiger charge is -2.48. The summed E-state index contributed by atoms with van der Waals surface area (Å²) in [5.74, 6) is 0.696. The molecule has 0 saturated carbocycles. The lowest BCUT2D eigenvalue weighted by molar-refractivity contribution is -0.138. The van der Waals surface area contributed by atoms with Gasteiger partial charge in [0.1, 0.15) is 0 Å². The molecule has 0 spiro atoms. The fourth-order valence-electron chi connectivity index (χ4n) is 6.38. The smallest absolute Gasteiger partial charge is 0.227 e. The third-order valence-electron chi connectivity index (χ3n) is 8.47. The van der Waals surface area contributed by atoms with Crippen molar-refractivity contribution in [1.82, 2.24) is 15.1 Å². The summed E-state index contributed by atoms with van der Waals surface area (Å²) >= 11 is 12.6. The van der Waals surface area contributed by atoms with Gasteiger partial charge in [-0.1, -0.05) is 92.0 Å². The number of piperazine rings is 1. The Kier molecular flexibility index (Phi) is 13.1. The summed E-state index contributed by atoms with van der Waals surface area (Å²) in [7, 11) is 0. The van der Waals surface area contributed by atoms with Crippen molar-refractivity contribution in [2.75, 3.05) is 39.3 Å². The second kappa shape index (κ2) is 16.8. The van der Waals surface area contributed by atoms with Crippen LogP contribution in [0, 0.1) is 5.92 Å². The van der Waals surface area contributed by atoms with Crippen LogP contribution in [0.25, 0.3) is 10.8 Å². The molecule has 0 aromatic heterocycles. The van der Waals surface area contributed by atoms with Crippen molar-refractivity contribution in [2.45, 2.75) is 70.5 Å². The Labute approximate surface area is 268 Å². The zero-order valence-corrected chi connectivity index (χ0v) is 27.3. The van der Waals surface area contributed by atoms with E-state index in [2.05, 4.69) is 59.3 Å². The molecule has 3 atom stereocenters. The molecule has 0 unspecified atom stereocenters. The molecule has 43 heavy (non-hydrogen) atoms. The van der Waals surface area contributed by atoms with Gasteiger partial charge in [0.25, 0.3) is 0 Å². The Balaban J connectivity index is 1.49. The van der Waals surface area contributed by atoms with E-state index in [0.717, 1.165) is 69.5 Å². The van der Waals surface area contributed by atoms with Gasteiger partial charge in [-0.25, -0.2) is 0 Å². The van der Waals surface area contributed by atoms with Crippen LogP contribution in [0.15, 0.2) is 60.7 Å². The maximum atomic E-state index is 14.0. The van der Waals surface area contributed by atoms with Crippen molar-refractivity contribution < 1.29 is 4.79 Å². The fourth-order valence-corrected chi connectivity index (χ4v) is 6.86. The first-order valence-corrected chi connectivity index (χ1v) is 16.6. The third-order valence-corrected chi connectivity index (χ3v) is 9.06. The van der Waals surface area contributed by atoms with Crippen molar-refractivity contribution in [3.8, 4) is 0 Å². The first-order chi connectivity index (χ1) is 20.7. The van der Waals surface area contributed by atoms with Gasteiger partial charge in [0, 0.05) is 60.9 Å². The summed E-state index contributed by atoms with van der Waals surface area (Å²) in [5.41, 5.74) is 14.5. The van der Waals surface area contributed by atoms with Crippen molar-refractivity contribution in [2.24, 2.45) is 17.4 Å². The van der Waals surface area contributed by atoms with Gasteiger partial charge in [0.15, 0.2) is 0 Å². The number of carbonyl (C=O) groups is 1. The Morgan fingerprint density at radius 3 is 2.51 bits per heavy atom. The molecule has 5 N–H and O–H groups in total. The van der Waals surface area contributed by atoms with E-state index < -0.39 is 0 Å². The zero-order valence-electron chi connectivity index (χ0n) is 25.8. The number of hydrogen-bond donors (Lipinski definition) is 3. The minimum Gasteiger partial charge on any atom is -0.337 e. The first-order valence-electron chi connectivity index (χ1n) is 15.8. The summed E-state index contributed by atoms with van der Waals surface area (Å²) in [4.78, 5) is 18.7. The van der Waals surface area contributed by atoms with E-state index in [1.54, 1.807) is 6.07 Å². The highest BCUT2D eigenvalue weighted by Crippen LogP contribution is 2.27. The molecule has 1 saturated heterocycles. The maximum Gasteiger partial charge on any atom is 0.227 e. The Morgan fingerprint density at radius 1 is 0.977 bits per heavy atom. The highest BCUT2D eigenvalue weighted by atomic mass is 35.5. The summed E-state index contributed by atoms with van der Waals surface area (Å²) in [6.45, 7) is 9.25. The second-order valence-electron chi connectivity index (χ2n) is 12.5. The molecule has 3 aromatic rings. The predicted octanol–water partition coefficient (Wildman–Crippen LogP) is 5.91. The number of carbonyl (C=O) groups excluding carboxylic acids is 1. The monoisotopic (exact) mass is 625 g/mol. The summed E-state index contributed by atoms with van der Waals surface area (Å²) < 4.78 is 0. The number of nitrogens with zero attached hydrogens (tertiary/aromatic N) is 2.